The van der Waals surface area contributed by atoms with Gasteiger partial charge in [-0.15, -0.1) is 0 Å². The molecule has 16 heavy (non-hydrogen) atoms. The van der Waals surface area contributed by atoms with Gasteiger partial charge in [-0.1, -0.05) is 12.1 Å². The van der Waals surface area contributed by atoms with Crippen molar-refractivity contribution in [3.63, 3.8) is 0 Å². The van der Waals surface area contributed by atoms with E-state index in [-0.39, 0.29) is 5.91 Å². The lowest BCUT2D eigenvalue weighted by Crippen LogP contribution is -2.31. The highest BCUT2D eigenvalue weighted by Gasteiger charge is 2.21. The van der Waals surface area contributed by atoms with Crippen molar-refractivity contribution in [3.8, 4) is 0 Å². The number of aldehydes is 1. The summed E-state index contributed by atoms with van der Waals surface area (Å²) in [6.45, 7) is 0. The first kappa shape index (κ1) is 10.8. The second-order valence-corrected chi connectivity index (χ2v) is 4.00. The number of benzene rings is 1. The van der Waals surface area contributed by atoms with E-state index in [1.165, 1.54) is 0 Å². The van der Waals surface area contributed by atoms with Gasteiger partial charge in [0, 0.05) is 19.2 Å². The maximum Gasteiger partial charge on any atom is 0.227 e. The van der Waals surface area contributed by atoms with Gasteiger partial charge in [-0.3, -0.25) is 4.79 Å². The maximum atomic E-state index is 11.5. The Kier molecular flexibility index (Phi) is 2.75. The molecule has 1 aliphatic heterocycles. The number of nitrogens with two attached hydrogens (primary N) is 1. The molecular weight excluding hydrogens is 204 g/mol. The van der Waals surface area contributed by atoms with Crippen LogP contribution >= 0.6 is 0 Å². The Labute approximate surface area is 94.0 Å². The van der Waals surface area contributed by atoms with E-state index in [0.717, 1.165) is 29.5 Å². The lowest BCUT2D eigenvalue weighted by atomic mass is 9.97. The van der Waals surface area contributed by atoms with E-state index < -0.39 is 6.04 Å². The summed E-state index contributed by atoms with van der Waals surface area (Å²) in [4.78, 5) is 23.7. The van der Waals surface area contributed by atoms with Gasteiger partial charge >= 0.3 is 0 Å². The van der Waals surface area contributed by atoms with Gasteiger partial charge in [-0.25, -0.2) is 0 Å². The zero-order valence-electron chi connectivity index (χ0n) is 9.14. The molecule has 0 bridgehead atoms. The zero-order chi connectivity index (χ0) is 11.7. The van der Waals surface area contributed by atoms with Crippen LogP contribution < -0.4 is 10.6 Å². The smallest absolute Gasteiger partial charge is 0.227 e. The Morgan fingerprint density at radius 2 is 2.19 bits per heavy atom. The van der Waals surface area contributed by atoms with Crippen LogP contribution in [0.25, 0.3) is 0 Å². The molecule has 4 nitrogen and oxygen atoms in total. The van der Waals surface area contributed by atoms with Crippen molar-refractivity contribution in [1.29, 1.82) is 0 Å². The predicted octanol–water partition coefficient (Wildman–Crippen LogP) is 0.794. The summed E-state index contributed by atoms with van der Waals surface area (Å²) < 4.78 is 0. The van der Waals surface area contributed by atoms with Crippen LogP contribution in [-0.2, 0) is 16.0 Å². The minimum absolute atomic E-state index is 0.125. The van der Waals surface area contributed by atoms with Gasteiger partial charge in [0.25, 0.3) is 0 Å². The SMILES string of the molecule is CN1C(=O)CCc2cc(C(N)C=O)ccc21. The molecule has 0 saturated carbocycles. The summed E-state index contributed by atoms with van der Waals surface area (Å²) in [5.74, 6) is 0.125. The van der Waals surface area contributed by atoms with E-state index in [9.17, 15) is 9.59 Å². The number of nitrogens with zero attached hydrogens (tertiary/aromatic N) is 1. The van der Waals surface area contributed by atoms with E-state index in [2.05, 4.69) is 0 Å². The number of carbonyl (C=O) groups excluding carboxylic acids is 2. The fraction of sp³-hybridized carbons (Fsp3) is 0.333. The van der Waals surface area contributed by atoms with Crippen LogP contribution in [-0.4, -0.2) is 19.2 Å². The molecule has 1 amide bonds. The van der Waals surface area contributed by atoms with E-state index in [4.69, 9.17) is 5.73 Å². The monoisotopic (exact) mass is 218 g/mol. The highest BCUT2D eigenvalue weighted by atomic mass is 16.2. The summed E-state index contributed by atoms with van der Waals surface area (Å²) in [5, 5.41) is 0. The molecule has 1 aromatic rings. The van der Waals surface area contributed by atoms with Crippen LogP contribution in [0, 0.1) is 0 Å². The van der Waals surface area contributed by atoms with E-state index >= 15 is 0 Å². The van der Waals surface area contributed by atoms with Crippen molar-refractivity contribution < 1.29 is 9.59 Å². The second kappa shape index (κ2) is 4.06. The maximum absolute atomic E-state index is 11.5. The molecule has 0 saturated heterocycles. The number of fused-ring (bicyclic) bond motifs is 1. The summed E-state index contributed by atoms with van der Waals surface area (Å²) >= 11 is 0. The Bertz CT molecular complexity index is 443. The number of anilines is 1. The van der Waals surface area contributed by atoms with Crippen molar-refractivity contribution in [2.75, 3.05) is 11.9 Å². The van der Waals surface area contributed by atoms with Gasteiger partial charge in [0.05, 0.1) is 6.04 Å². The van der Waals surface area contributed by atoms with Gasteiger partial charge in [0.2, 0.25) is 5.91 Å². The third kappa shape index (κ3) is 1.72. The van der Waals surface area contributed by atoms with Crippen molar-refractivity contribution in [2.45, 2.75) is 18.9 Å². The fourth-order valence-corrected chi connectivity index (χ4v) is 1.96. The third-order valence-corrected chi connectivity index (χ3v) is 2.98. The number of rotatable bonds is 2. The molecule has 1 heterocycles. The summed E-state index contributed by atoms with van der Waals surface area (Å²) in [7, 11) is 1.76. The molecule has 4 heteroatoms. The topological polar surface area (TPSA) is 63.4 Å². The van der Waals surface area contributed by atoms with Crippen LogP contribution in [0.1, 0.15) is 23.6 Å². The zero-order valence-corrected chi connectivity index (χ0v) is 9.14. The van der Waals surface area contributed by atoms with Crippen molar-refractivity contribution in [3.05, 3.63) is 29.3 Å². The number of aryl methyl sites for hydroxylation is 1. The third-order valence-electron chi connectivity index (χ3n) is 2.98. The number of carbonyl (C=O) groups is 2. The molecule has 1 aliphatic rings. The first-order chi connectivity index (χ1) is 7.63. The van der Waals surface area contributed by atoms with E-state index in [1.54, 1.807) is 18.0 Å². The van der Waals surface area contributed by atoms with Gasteiger partial charge in [-0.2, -0.15) is 0 Å². The number of amides is 1. The van der Waals surface area contributed by atoms with E-state index in [0.29, 0.717) is 6.42 Å². The highest BCUT2D eigenvalue weighted by Crippen LogP contribution is 2.28. The van der Waals surface area contributed by atoms with E-state index in [1.807, 2.05) is 12.1 Å². The Balaban J connectivity index is 2.40. The van der Waals surface area contributed by atoms with Crippen molar-refractivity contribution >= 4 is 17.9 Å². The largest absolute Gasteiger partial charge is 0.318 e. The molecule has 0 radical (unpaired) electrons. The van der Waals surface area contributed by atoms with Crippen LogP contribution in [0.2, 0.25) is 0 Å². The van der Waals surface area contributed by atoms with Gasteiger partial charge in [-0.05, 0) is 23.6 Å². The van der Waals surface area contributed by atoms with Crippen LogP contribution in [0.3, 0.4) is 0 Å². The van der Waals surface area contributed by atoms with Crippen molar-refractivity contribution in [2.24, 2.45) is 5.73 Å². The molecule has 0 spiro atoms. The Morgan fingerprint density at radius 3 is 2.88 bits per heavy atom. The lowest BCUT2D eigenvalue weighted by Gasteiger charge is -2.26. The van der Waals surface area contributed by atoms with Crippen molar-refractivity contribution in [1.82, 2.24) is 0 Å². The summed E-state index contributed by atoms with van der Waals surface area (Å²) in [5.41, 5.74) is 8.44. The molecule has 0 aliphatic carbocycles. The average Bonchev–Trinajstić information content (AvgIpc) is 2.32. The summed E-state index contributed by atoms with van der Waals surface area (Å²) in [6, 6.07) is 4.99. The first-order valence-electron chi connectivity index (χ1n) is 5.23. The minimum atomic E-state index is -0.576. The normalized spacial score (nSPS) is 16.9. The van der Waals surface area contributed by atoms with Crippen LogP contribution in [0.5, 0.6) is 0 Å². The quantitative estimate of drug-likeness (QED) is 0.746. The second-order valence-electron chi connectivity index (χ2n) is 4.00. The number of hydrogen-bond acceptors (Lipinski definition) is 3. The Hall–Kier alpha value is -1.68. The molecule has 1 aromatic carbocycles. The minimum Gasteiger partial charge on any atom is -0.318 e. The molecular formula is C12H14N2O2. The van der Waals surface area contributed by atoms with Crippen LogP contribution in [0.15, 0.2) is 18.2 Å². The Morgan fingerprint density at radius 1 is 1.44 bits per heavy atom. The standard InChI is InChI=1S/C12H14N2O2/c1-14-11-4-2-8(10(13)7-15)6-9(11)3-5-12(14)16/h2,4,6-7,10H,3,5,13H2,1H3. The van der Waals surface area contributed by atoms with Gasteiger partial charge in [0.1, 0.15) is 6.29 Å². The predicted molar refractivity (Wildman–Crippen MR) is 61.2 cm³/mol. The fourth-order valence-electron chi connectivity index (χ4n) is 1.96. The number of hydrogen-bond donors (Lipinski definition) is 1. The first-order valence-corrected chi connectivity index (χ1v) is 5.23. The molecule has 2 rings (SSSR count). The van der Waals surface area contributed by atoms with Gasteiger partial charge in [0.15, 0.2) is 0 Å². The summed E-state index contributed by atoms with van der Waals surface area (Å²) in [6.07, 6.45) is 1.96. The van der Waals surface area contributed by atoms with Gasteiger partial charge < -0.3 is 15.4 Å². The molecule has 84 valence electrons. The molecule has 0 aromatic heterocycles. The van der Waals surface area contributed by atoms with Crippen LogP contribution in [0.4, 0.5) is 5.69 Å². The average molecular weight is 218 g/mol. The molecule has 2 N–H and O–H groups in total. The molecule has 0 fully saturated rings. The highest BCUT2D eigenvalue weighted by molar-refractivity contribution is 5.95. The molecule has 1 atom stereocenters. The lowest BCUT2D eigenvalue weighted by molar-refractivity contribution is -0.118. The molecule has 1 unspecified atom stereocenters.